The molecule has 0 fully saturated rings. The van der Waals surface area contributed by atoms with Gasteiger partial charge in [0.05, 0.1) is 0 Å². The Morgan fingerprint density at radius 1 is 1.26 bits per heavy atom. The van der Waals surface area contributed by atoms with Crippen molar-refractivity contribution in [1.82, 2.24) is 5.32 Å². The van der Waals surface area contributed by atoms with Crippen molar-refractivity contribution in [3.8, 4) is 11.8 Å². The van der Waals surface area contributed by atoms with Crippen LogP contribution in [0.15, 0.2) is 60.3 Å². The van der Waals surface area contributed by atoms with Gasteiger partial charge < -0.3 is 15.7 Å². The Kier molecular flexibility index (Phi) is 5.37. The molecule has 1 amide bonds. The van der Waals surface area contributed by atoms with Crippen LogP contribution in [0.25, 0.3) is 0 Å². The van der Waals surface area contributed by atoms with Crippen molar-refractivity contribution in [3.05, 3.63) is 71.4 Å². The summed E-state index contributed by atoms with van der Waals surface area (Å²) in [6.45, 7) is 2.53. The number of nitrogens with one attached hydrogen (secondary N) is 2. The molecular weight excluding hydrogens is 290 g/mol. The molecule has 116 valence electrons. The number of anilines is 1. The predicted octanol–water partition coefficient (Wildman–Crippen LogP) is 2.84. The highest BCUT2D eigenvalue weighted by atomic mass is 16.3. The van der Waals surface area contributed by atoms with Crippen molar-refractivity contribution in [3.63, 3.8) is 0 Å². The van der Waals surface area contributed by atoms with E-state index in [1.165, 1.54) is 23.9 Å². The number of carbonyl (C=O) groups excluding carboxylic acids is 1. The summed E-state index contributed by atoms with van der Waals surface area (Å²) in [5, 5.41) is 24.0. The third kappa shape index (κ3) is 4.90. The van der Waals surface area contributed by atoms with E-state index >= 15 is 0 Å². The van der Waals surface area contributed by atoms with Gasteiger partial charge in [0.1, 0.15) is 17.4 Å². The van der Waals surface area contributed by atoms with Gasteiger partial charge in [-0.2, -0.15) is 5.26 Å². The lowest BCUT2D eigenvalue weighted by molar-refractivity contribution is -0.112. The minimum Gasteiger partial charge on any atom is -0.508 e. The number of amides is 1. The van der Waals surface area contributed by atoms with Gasteiger partial charge in [0.25, 0.3) is 5.91 Å². The molecule has 0 aliphatic rings. The number of hydrogen-bond acceptors (Lipinski definition) is 4. The average Bonchev–Trinajstić information content (AvgIpc) is 2.53. The normalized spacial score (nSPS) is 10.7. The zero-order valence-corrected chi connectivity index (χ0v) is 12.7. The lowest BCUT2D eigenvalue weighted by Gasteiger charge is -2.06. The molecule has 5 heteroatoms. The van der Waals surface area contributed by atoms with Crippen LogP contribution in [-0.2, 0) is 11.3 Å². The Hall–Kier alpha value is -3.26. The first-order chi connectivity index (χ1) is 11.1. The highest BCUT2D eigenvalue weighted by molar-refractivity contribution is 6.06. The van der Waals surface area contributed by atoms with Crippen LogP contribution >= 0.6 is 0 Å². The summed E-state index contributed by atoms with van der Waals surface area (Å²) < 4.78 is 0. The Morgan fingerprint density at radius 2 is 2.00 bits per heavy atom. The quantitative estimate of drug-likeness (QED) is 0.586. The van der Waals surface area contributed by atoms with Gasteiger partial charge in [-0.05, 0) is 24.6 Å². The fourth-order valence-electron chi connectivity index (χ4n) is 1.91. The third-order valence-electron chi connectivity index (χ3n) is 3.14. The fourth-order valence-corrected chi connectivity index (χ4v) is 1.91. The molecule has 0 aliphatic carbocycles. The number of aromatic hydroxyl groups is 1. The van der Waals surface area contributed by atoms with Gasteiger partial charge in [-0.15, -0.1) is 0 Å². The fraction of sp³-hybridized carbons (Fsp3) is 0.111. The molecule has 0 bridgehead atoms. The molecule has 0 aliphatic heterocycles. The molecule has 23 heavy (non-hydrogen) atoms. The Labute approximate surface area is 134 Å². The number of phenolic OH excluding ortho intramolecular Hbond substituents is 1. The van der Waals surface area contributed by atoms with Gasteiger partial charge in [-0.1, -0.05) is 35.9 Å². The number of nitrogens with zero attached hydrogens (tertiary/aromatic N) is 1. The molecule has 0 saturated heterocycles. The summed E-state index contributed by atoms with van der Waals surface area (Å²) in [7, 11) is 0. The van der Waals surface area contributed by atoms with E-state index in [1.54, 1.807) is 12.1 Å². The minimum absolute atomic E-state index is 0.0412. The van der Waals surface area contributed by atoms with Crippen LogP contribution in [0.3, 0.4) is 0 Å². The summed E-state index contributed by atoms with van der Waals surface area (Å²) in [6.07, 6.45) is 1.39. The summed E-state index contributed by atoms with van der Waals surface area (Å²) in [5.41, 5.74) is 2.61. The third-order valence-corrected chi connectivity index (χ3v) is 3.14. The first kappa shape index (κ1) is 16.1. The number of rotatable bonds is 5. The van der Waals surface area contributed by atoms with Gasteiger partial charge in [0, 0.05) is 24.5 Å². The second kappa shape index (κ2) is 7.66. The smallest absolute Gasteiger partial charge is 0.267 e. The summed E-state index contributed by atoms with van der Waals surface area (Å²) in [4.78, 5) is 12.0. The van der Waals surface area contributed by atoms with Crippen LogP contribution in [0.2, 0.25) is 0 Å². The topological polar surface area (TPSA) is 85.2 Å². The first-order valence-electron chi connectivity index (χ1n) is 7.08. The molecule has 2 aromatic rings. The van der Waals surface area contributed by atoms with Crippen LogP contribution in [-0.4, -0.2) is 11.0 Å². The maximum absolute atomic E-state index is 12.0. The van der Waals surface area contributed by atoms with Crippen molar-refractivity contribution >= 4 is 11.6 Å². The highest BCUT2D eigenvalue weighted by Crippen LogP contribution is 2.15. The first-order valence-corrected chi connectivity index (χ1v) is 7.08. The molecule has 0 saturated carbocycles. The monoisotopic (exact) mass is 307 g/mol. The Balaban J connectivity index is 1.96. The van der Waals surface area contributed by atoms with Crippen molar-refractivity contribution in [2.45, 2.75) is 13.5 Å². The van der Waals surface area contributed by atoms with Crippen molar-refractivity contribution < 1.29 is 9.90 Å². The van der Waals surface area contributed by atoms with Gasteiger partial charge >= 0.3 is 0 Å². The van der Waals surface area contributed by atoms with E-state index in [9.17, 15) is 9.90 Å². The molecule has 2 aromatic carbocycles. The largest absolute Gasteiger partial charge is 0.508 e. The van der Waals surface area contributed by atoms with Gasteiger partial charge in [-0.25, -0.2) is 0 Å². The summed E-state index contributed by atoms with van der Waals surface area (Å²) >= 11 is 0. The van der Waals surface area contributed by atoms with Crippen LogP contribution in [0.5, 0.6) is 5.75 Å². The van der Waals surface area contributed by atoms with Gasteiger partial charge in [-0.3, -0.25) is 4.79 Å². The zero-order chi connectivity index (χ0) is 16.7. The second-order valence-corrected chi connectivity index (χ2v) is 5.04. The molecule has 0 unspecified atom stereocenters. The Bertz CT molecular complexity index is 759. The molecule has 0 radical (unpaired) electrons. The lowest BCUT2D eigenvalue weighted by Crippen LogP contribution is -2.16. The number of nitriles is 1. The van der Waals surface area contributed by atoms with E-state index in [1.807, 2.05) is 37.3 Å². The maximum Gasteiger partial charge on any atom is 0.267 e. The van der Waals surface area contributed by atoms with E-state index in [2.05, 4.69) is 10.6 Å². The van der Waals surface area contributed by atoms with Crippen LogP contribution < -0.4 is 10.6 Å². The van der Waals surface area contributed by atoms with E-state index < -0.39 is 5.91 Å². The van der Waals surface area contributed by atoms with Crippen LogP contribution in [0.4, 0.5) is 5.69 Å². The molecule has 2 rings (SSSR count). The predicted molar refractivity (Wildman–Crippen MR) is 88.5 cm³/mol. The standard InChI is InChI=1S/C18H17N3O2/c1-13-5-7-14(8-6-13)11-20-12-15(10-19)18(23)21-16-3-2-4-17(22)9-16/h2-9,12,20,22H,11H2,1H3,(H,21,23)/b15-12-. The van der Waals surface area contributed by atoms with Crippen LogP contribution in [0, 0.1) is 18.3 Å². The van der Waals surface area contributed by atoms with Gasteiger partial charge in [0.2, 0.25) is 0 Å². The molecule has 0 spiro atoms. The molecule has 0 heterocycles. The lowest BCUT2D eigenvalue weighted by atomic mass is 10.1. The summed E-state index contributed by atoms with van der Waals surface area (Å²) in [6, 6.07) is 16.0. The number of hydrogen-bond donors (Lipinski definition) is 3. The average molecular weight is 307 g/mol. The Morgan fingerprint density at radius 3 is 2.65 bits per heavy atom. The summed E-state index contributed by atoms with van der Waals surface area (Å²) in [5.74, 6) is -0.489. The van der Waals surface area contributed by atoms with Crippen molar-refractivity contribution in [2.24, 2.45) is 0 Å². The van der Waals surface area contributed by atoms with E-state index in [0.29, 0.717) is 12.2 Å². The maximum atomic E-state index is 12.0. The molecule has 0 aromatic heterocycles. The molecule has 5 nitrogen and oxygen atoms in total. The molecule has 3 N–H and O–H groups in total. The van der Waals surface area contributed by atoms with E-state index in [-0.39, 0.29) is 11.3 Å². The number of phenols is 1. The number of benzene rings is 2. The van der Waals surface area contributed by atoms with Gasteiger partial charge in [0.15, 0.2) is 0 Å². The number of carbonyl (C=O) groups is 1. The highest BCUT2D eigenvalue weighted by Gasteiger charge is 2.09. The minimum atomic E-state index is -0.533. The van der Waals surface area contributed by atoms with Crippen molar-refractivity contribution in [1.29, 1.82) is 5.26 Å². The van der Waals surface area contributed by atoms with E-state index in [4.69, 9.17) is 5.26 Å². The van der Waals surface area contributed by atoms with E-state index in [0.717, 1.165) is 5.56 Å². The second-order valence-electron chi connectivity index (χ2n) is 5.04. The van der Waals surface area contributed by atoms with Crippen molar-refractivity contribution in [2.75, 3.05) is 5.32 Å². The number of aryl methyl sites for hydroxylation is 1. The molecule has 0 atom stereocenters. The zero-order valence-electron chi connectivity index (χ0n) is 12.7. The molecular formula is C18H17N3O2. The SMILES string of the molecule is Cc1ccc(CN/C=C(/C#N)C(=O)Nc2cccc(O)c2)cc1. The van der Waals surface area contributed by atoms with Crippen LogP contribution in [0.1, 0.15) is 11.1 Å².